The van der Waals surface area contributed by atoms with Crippen LogP contribution < -0.4 is 5.32 Å². The van der Waals surface area contributed by atoms with E-state index in [1.54, 1.807) is 19.2 Å². The van der Waals surface area contributed by atoms with Gasteiger partial charge in [0.1, 0.15) is 0 Å². The molecular weight excluding hydrogens is 418 g/mol. The molecule has 0 unspecified atom stereocenters. The van der Waals surface area contributed by atoms with E-state index >= 15 is 0 Å². The van der Waals surface area contributed by atoms with Gasteiger partial charge >= 0.3 is 5.97 Å². The fourth-order valence-electron chi connectivity index (χ4n) is 3.68. The zero-order chi connectivity index (χ0) is 22.6. The maximum absolute atomic E-state index is 12.5. The molecule has 0 bridgehead atoms. The molecule has 2 heterocycles. The van der Waals surface area contributed by atoms with Gasteiger partial charge in [0.15, 0.2) is 5.65 Å². The standard InChI is InChI=1S/C19H22ClN3O2.C4H8O2/c1-19(25)6-4-14(5-7-19)22-18(24)13-8-12-9-15(20)16(11-2-3-11)23-17(12)21-10-13;1-3-6-4(2)5/h8-11,14,25H,2-7H2,1H3,(H,22,24);3H2,1-2H3/t14-,19-;. The van der Waals surface area contributed by atoms with Gasteiger partial charge in [-0.05, 0) is 64.5 Å². The number of aliphatic hydroxyl groups is 1. The predicted molar refractivity (Wildman–Crippen MR) is 119 cm³/mol. The zero-order valence-electron chi connectivity index (χ0n) is 18.3. The minimum atomic E-state index is -0.604. The highest BCUT2D eigenvalue weighted by Crippen LogP contribution is 2.42. The molecule has 1 amide bonds. The molecule has 2 aromatic heterocycles. The molecule has 2 N–H and O–H groups in total. The maximum Gasteiger partial charge on any atom is 0.302 e. The van der Waals surface area contributed by atoms with Crippen LogP contribution in [0.5, 0.6) is 0 Å². The SMILES string of the molecule is CCOC(C)=O.C[C@]1(O)CC[C@H](NC(=O)c2cnc3nc(C4CC4)c(Cl)cc3c2)CC1. The first-order chi connectivity index (χ1) is 14.7. The molecular formula is C23H30ClN3O4. The van der Waals surface area contributed by atoms with Crippen LogP contribution in [0.3, 0.4) is 0 Å². The van der Waals surface area contributed by atoms with Gasteiger partial charge in [-0.3, -0.25) is 9.59 Å². The lowest BCUT2D eigenvalue weighted by atomic mass is 9.83. The van der Waals surface area contributed by atoms with E-state index in [4.69, 9.17) is 11.6 Å². The topological polar surface area (TPSA) is 101 Å². The van der Waals surface area contributed by atoms with Crippen LogP contribution >= 0.6 is 11.6 Å². The van der Waals surface area contributed by atoms with Crippen molar-refractivity contribution in [1.29, 1.82) is 0 Å². The van der Waals surface area contributed by atoms with Gasteiger partial charge < -0.3 is 15.2 Å². The van der Waals surface area contributed by atoms with Crippen molar-refractivity contribution in [2.24, 2.45) is 0 Å². The smallest absolute Gasteiger partial charge is 0.302 e. The Bertz CT molecular complexity index is 949. The molecule has 7 nitrogen and oxygen atoms in total. The Morgan fingerprint density at radius 2 is 1.94 bits per heavy atom. The van der Waals surface area contributed by atoms with Crippen molar-refractivity contribution >= 4 is 34.5 Å². The van der Waals surface area contributed by atoms with E-state index < -0.39 is 5.60 Å². The Morgan fingerprint density at radius 1 is 1.26 bits per heavy atom. The van der Waals surface area contributed by atoms with Gasteiger partial charge in [-0.25, -0.2) is 9.97 Å². The van der Waals surface area contributed by atoms with E-state index in [9.17, 15) is 14.7 Å². The van der Waals surface area contributed by atoms with Gasteiger partial charge in [0, 0.05) is 30.5 Å². The van der Waals surface area contributed by atoms with Crippen molar-refractivity contribution in [3.05, 3.63) is 34.6 Å². The second-order valence-corrected chi connectivity index (χ2v) is 8.98. The number of hydrogen-bond donors (Lipinski definition) is 2. The second kappa shape index (κ2) is 9.92. The third-order valence-corrected chi connectivity index (χ3v) is 5.92. The lowest BCUT2D eigenvalue weighted by Crippen LogP contribution is -2.42. The highest BCUT2D eigenvalue weighted by Gasteiger charge is 2.30. The predicted octanol–water partition coefficient (Wildman–Crippen LogP) is 4.15. The van der Waals surface area contributed by atoms with Crippen LogP contribution in [0.4, 0.5) is 0 Å². The first-order valence-electron chi connectivity index (χ1n) is 10.8. The van der Waals surface area contributed by atoms with E-state index in [0.717, 1.165) is 36.8 Å². The van der Waals surface area contributed by atoms with E-state index in [0.29, 0.717) is 41.6 Å². The number of pyridine rings is 2. The number of carbonyl (C=O) groups excluding carboxylic acids is 2. The Hall–Kier alpha value is -2.25. The summed E-state index contributed by atoms with van der Waals surface area (Å²) < 4.78 is 4.40. The highest BCUT2D eigenvalue weighted by atomic mass is 35.5. The summed E-state index contributed by atoms with van der Waals surface area (Å²) in [5.74, 6) is 0.117. The molecule has 4 rings (SSSR count). The number of nitrogens with zero attached hydrogens (tertiary/aromatic N) is 2. The summed E-state index contributed by atoms with van der Waals surface area (Å²) in [4.78, 5) is 31.3. The summed E-state index contributed by atoms with van der Waals surface area (Å²) >= 11 is 6.34. The molecule has 31 heavy (non-hydrogen) atoms. The molecule has 0 aromatic carbocycles. The number of carbonyl (C=O) groups is 2. The minimum Gasteiger partial charge on any atom is -0.466 e. The Balaban J connectivity index is 0.000000401. The van der Waals surface area contributed by atoms with Crippen molar-refractivity contribution in [2.75, 3.05) is 6.61 Å². The van der Waals surface area contributed by atoms with Gasteiger partial charge in [-0.2, -0.15) is 0 Å². The quantitative estimate of drug-likeness (QED) is 0.682. The molecule has 168 valence electrons. The molecule has 0 radical (unpaired) electrons. The van der Waals surface area contributed by atoms with E-state index in [1.165, 1.54) is 6.92 Å². The van der Waals surface area contributed by atoms with Crippen LogP contribution in [0, 0.1) is 0 Å². The van der Waals surface area contributed by atoms with E-state index in [1.807, 2.05) is 13.0 Å². The number of halogens is 1. The molecule has 2 saturated carbocycles. The molecule has 0 atom stereocenters. The highest BCUT2D eigenvalue weighted by molar-refractivity contribution is 6.32. The Morgan fingerprint density at radius 3 is 2.48 bits per heavy atom. The first kappa shape index (κ1) is 23.4. The van der Waals surface area contributed by atoms with Crippen LogP contribution in [0.2, 0.25) is 5.02 Å². The van der Waals surface area contributed by atoms with Crippen LogP contribution in [0.1, 0.15) is 81.3 Å². The lowest BCUT2D eigenvalue weighted by Gasteiger charge is -2.33. The molecule has 2 fully saturated rings. The van der Waals surface area contributed by atoms with Crippen LogP contribution in [-0.2, 0) is 9.53 Å². The van der Waals surface area contributed by atoms with Gasteiger partial charge in [0.05, 0.1) is 28.5 Å². The number of rotatable bonds is 4. The average molecular weight is 448 g/mol. The monoisotopic (exact) mass is 447 g/mol. The summed E-state index contributed by atoms with van der Waals surface area (Å²) in [6, 6.07) is 3.76. The summed E-state index contributed by atoms with van der Waals surface area (Å²) in [7, 11) is 0. The maximum atomic E-state index is 12.5. The second-order valence-electron chi connectivity index (χ2n) is 8.57. The minimum absolute atomic E-state index is 0.0994. The number of esters is 1. The number of fused-ring (bicyclic) bond motifs is 1. The van der Waals surface area contributed by atoms with Gasteiger partial charge in [0.25, 0.3) is 5.91 Å². The molecule has 2 aliphatic rings. The molecule has 8 heteroatoms. The summed E-state index contributed by atoms with van der Waals surface area (Å²) in [5.41, 5.74) is 1.47. The molecule has 2 aliphatic carbocycles. The van der Waals surface area contributed by atoms with Crippen molar-refractivity contribution < 1.29 is 19.4 Å². The van der Waals surface area contributed by atoms with E-state index in [-0.39, 0.29) is 17.9 Å². The number of hydrogen-bond acceptors (Lipinski definition) is 6. The summed E-state index contributed by atoms with van der Waals surface area (Å²) in [6.07, 6.45) is 6.83. The Kier molecular flexibility index (Phi) is 7.49. The first-order valence-corrected chi connectivity index (χ1v) is 11.2. The van der Waals surface area contributed by atoms with Crippen molar-refractivity contribution in [3.63, 3.8) is 0 Å². The van der Waals surface area contributed by atoms with Crippen LogP contribution in [-0.4, -0.2) is 45.2 Å². The van der Waals surface area contributed by atoms with Crippen molar-refractivity contribution in [1.82, 2.24) is 15.3 Å². The molecule has 0 saturated heterocycles. The van der Waals surface area contributed by atoms with Crippen molar-refractivity contribution in [3.8, 4) is 0 Å². The molecule has 0 aliphatic heterocycles. The van der Waals surface area contributed by atoms with Crippen LogP contribution in [0.15, 0.2) is 18.3 Å². The number of nitrogens with one attached hydrogen (secondary N) is 1. The number of amides is 1. The lowest BCUT2D eigenvalue weighted by molar-refractivity contribution is -0.140. The zero-order valence-corrected chi connectivity index (χ0v) is 19.0. The van der Waals surface area contributed by atoms with Crippen LogP contribution in [0.25, 0.3) is 11.0 Å². The summed E-state index contributed by atoms with van der Waals surface area (Å²) in [6.45, 7) is 5.51. The molecule has 2 aromatic rings. The van der Waals surface area contributed by atoms with E-state index in [2.05, 4.69) is 20.0 Å². The fourth-order valence-corrected chi connectivity index (χ4v) is 3.99. The molecule has 0 spiro atoms. The summed E-state index contributed by atoms with van der Waals surface area (Å²) in [5, 5.41) is 14.5. The fraction of sp³-hybridized carbons (Fsp3) is 0.565. The largest absolute Gasteiger partial charge is 0.466 e. The van der Waals surface area contributed by atoms with Gasteiger partial charge in [-0.1, -0.05) is 11.6 Å². The van der Waals surface area contributed by atoms with Crippen molar-refractivity contribution in [2.45, 2.75) is 76.9 Å². The van der Waals surface area contributed by atoms with Gasteiger partial charge in [-0.15, -0.1) is 0 Å². The third kappa shape index (κ3) is 6.61. The average Bonchev–Trinajstić information content (AvgIpc) is 3.54. The Labute approximate surface area is 187 Å². The number of aromatic nitrogens is 2. The van der Waals surface area contributed by atoms with Gasteiger partial charge in [0.2, 0.25) is 0 Å². The number of ether oxygens (including phenoxy) is 1. The third-order valence-electron chi connectivity index (χ3n) is 5.62. The normalized spacial score (nSPS) is 22.9.